The zero-order valence-electron chi connectivity index (χ0n) is 15.6. The standard InChI is InChI=1S/C20H31N3O2/c1-15(2)19(24)23-13-11-18(12-14-23)22-20(25)21-16(3)9-10-17-7-5-4-6-8-17/h4-8,15-16,18H,9-14H2,1-3H3,(H2,21,22,25)/t16-/m0/s1. The van der Waals surface area contributed by atoms with Gasteiger partial charge >= 0.3 is 6.03 Å². The van der Waals surface area contributed by atoms with E-state index in [1.54, 1.807) is 0 Å². The highest BCUT2D eigenvalue weighted by Crippen LogP contribution is 2.13. The van der Waals surface area contributed by atoms with E-state index in [0.29, 0.717) is 0 Å². The number of urea groups is 1. The number of hydrogen-bond acceptors (Lipinski definition) is 2. The quantitative estimate of drug-likeness (QED) is 0.833. The predicted molar refractivity (Wildman–Crippen MR) is 100 cm³/mol. The van der Waals surface area contributed by atoms with Crippen LogP contribution in [-0.2, 0) is 11.2 Å². The maximum absolute atomic E-state index is 12.2. The van der Waals surface area contributed by atoms with Gasteiger partial charge in [0, 0.05) is 31.1 Å². The van der Waals surface area contributed by atoms with Gasteiger partial charge in [-0.3, -0.25) is 4.79 Å². The summed E-state index contributed by atoms with van der Waals surface area (Å²) in [4.78, 5) is 26.0. The van der Waals surface area contributed by atoms with Crippen LogP contribution in [0.15, 0.2) is 30.3 Å². The van der Waals surface area contributed by atoms with Crippen LogP contribution >= 0.6 is 0 Å². The number of likely N-dealkylation sites (tertiary alicyclic amines) is 1. The molecule has 2 N–H and O–H groups in total. The Bertz CT molecular complexity index is 551. The number of rotatable bonds is 6. The number of amides is 3. The van der Waals surface area contributed by atoms with Crippen LogP contribution in [0.5, 0.6) is 0 Å². The van der Waals surface area contributed by atoms with Crippen molar-refractivity contribution >= 4 is 11.9 Å². The molecule has 1 aliphatic heterocycles. The molecule has 1 aromatic carbocycles. The Morgan fingerprint density at radius 3 is 2.36 bits per heavy atom. The summed E-state index contributed by atoms with van der Waals surface area (Å²) in [5.41, 5.74) is 1.29. The minimum absolute atomic E-state index is 0.0401. The SMILES string of the molecule is CC(C)C(=O)N1CCC(NC(=O)N[C@@H](C)CCc2ccccc2)CC1. The number of nitrogens with one attached hydrogen (secondary N) is 2. The highest BCUT2D eigenvalue weighted by atomic mass is 16.2. The third-order valence-electron chi connectivity index (χ3n) is 4.72. The van der Waals surface area contributed by atoms with Gasteiger partial charge in [-0.05, 0) is 38.2 Å². The molecule has 5 nitrogen and oxygen atoms in total. The molecule has 138 valence electrons. The molecule has 3 amide bonds. The van der Waals surface area contributed by atoms with Gasteiger partial charge in [0.15, 0.2) is 0 Å². The number of hydrogen-bond donors (Lipinski definition) is 2. The lowest BCUT2D eigenvalue weighted by atomic mass is 10.0. The van der Waals surface area contributed by atoms with Crippen molar-refractivity contribution in [2.45, 2.75) is 58.5 Å². The van der Waals surface area contributed by atoms with Gasteiger partial charge in [-0.25, -0.2) is 4.79 Å². The molecule has 1 aliphatic rings. The Hall–Kier alpha value is -2.04. The zero-order valence-corrected chi connectivity index (χ0v) is 15.6. The highest BCUT2D eigenvalue weighted by molar-refractivity contribution is 5.78. The Labute approximate surface area is 151 Å². The fraction of sp³-hybridized carbons (Fsp3) is 0.600. The monoisotopic (exact) mass is 345 g/mol. The van der Waals surface area contributed by atoms with Gasteiger partial charge in [0.2, 0.25) is 5.91 Å². The van der Waals surface area contributed by atoms with Gasteiger partial charge in [-0.15, -0.1) is 0 Å². The van der Waals surface area contributed by atoms with Crippen LogP contribution in [0.1, 0.15) is 45.6 Å². The molecule has 0 bridgehead atoms. The summed E-state index contributed by atoms with van der Waals surface area (Å²) in [5.74, 6) is 0.246. The fourth-order valence-electron chi connectivity index (χ4n) is 3.16. The van der Waals surface area contributed by atoms with Crippen molar-refractivity contribution in [2.24, 2.45) is 5.92 Å². The number of benzene rings is 1. The predicted octanol–water partition coefficient (Wildman–Crippen LogP) is 2.95. The minimum Gasteiger partial charge on any atom is -0.342 e. The lowest BCUT2D eigenvalue weighted by molar-refractivity contribution is -0.135. The average molecular weight is 345 g/mol. The normalized spacial score (nSPS) is 16.6. The van der Waals surface area contributed by atoms with E-state index in [4.69, 9.17) is 0 Å². The van der Waals surface area contributed by atoms with E-state index in [0.717, 1.165) is 38.8 Å². The molecule has 5 heteroatoms. The third-order valence-corrected chi connectivity index (χ3v) is 4.72. The van der Waals surface area contributed by atoms with Crippen molar-refractivity contribution in [1.82, 2.24) is 15.5 Å². The van der Waals surface area contributed by atoms with E-state index in [-0.39, 0.29) is 29.9 Å². The molecule has 0 aromatic heterocycles. The van der Waals surface area contributed by atoms with Crippen molar-refractivity contribution in [1.29, 1.82) is 0 Å². The Balaban J connectivity index is 1.66. The molecule has 0 unspecified atom stereocenters. The van der Waals surface area contributed by atoms with Crippen LogP contribution in [0.2, 0.25) is 0 Å². The molecule has 0 spiro atoms. The molecule has 1 aromatic rings. The number of nitrogens with zero attached hydrogens (tertiary/aromatic N) is 1. The Morgan fingerprint density at radius 1 is 1.12 bits per heavy atom. The summed E-state index contributed by atoms with van der Waals surface area (Å²) in [7, 11) is 0. The largest absolute Gasteiger partial charge is 0.342 e. The molecule has 25 heavy (non-hydrogen) atoms. The van der Waals surface area contributed by atoms with Gasteiger partial charge in [0.1, 0.15) is 0 Å². The lowest BCUT2D eigenvalue weighted by Crippen LogP contribution is -2.51. The zero-order chi connectivity index (χ0) is 18.2. The number of aryl methyl sites for hydroxylation is 1. The topological polar surface area (TPSA) is 61.4 Å². The second kappa shape index (κ2) is 9.44. The maximum atomic E-state index is 12.2. The fourth-order valence-corrected chi connectivity index (χ4v) is 3.16. The lowest BCUT2D eigenvalue weighted by Gasteiger charge is -2.33. The molecule has 0 saturated carbocycles. The van der Waals surface area contributed by atoms with Gasteiger partial charge in [-0.1, -0.05) is 44.2 Å². The van der Waals surface area contributed by atoms with Crippen molar-refractivity contribution in [3.05, 3.63) is 35.9 Å². The van der Waals surface area contributed by atoms with Gasteiger partial charge in [0.25, 0.3) is 0 Å². The first kappa shape index (κ1) is 19.3. The van der Waals surface area contributed by atoms with Crippen molar-refractivity contribution in [2.75, 3.05) is 13.1 Å². The first-order valence-electron chi connectivity index (χ1n) is 9.35. The molecule has 1 heterocycles. The van der Waals surface area contributed by atoms with E-state index in [2.05, 4.69) is 22.8 Å². The minimum atomic E-state index is -0.103. The van der Waals surface area contributed by atoms with Crippen LogP contribution in [-0.4, -0.2) is 42.0 Å². The Kier molecular flexibility index (Phi) is 7.29. The molecule has 0 aliphatic carbocycles. The van der Waals surface area contributed by atoms with Gasteiger partial charge in [0.05, 0.1) is 0 Å². The molecular formula is C20H31N3O2. The Morgan fingerprint density at radius 2 is 1.76 bits per heavy atom. The summed E-state index contributed by atoms with van der Waals surface area (Å²) in [6.45, 7) is 7.34. The molecule has 0 radical (unpaired) electrons. The van der Waals surface area contributed by atoms with Crippen molar-refractivity contribution in [3.63, 3.8) is 0 Å². The molecule has 1 atom stereocenters. The van der Waals surface area contributed by atoms with E-state index in [1.807, 2.05) is 43.9 Å². The number of piperidine rings is 1. The highest BCUT2D eigenvalue weighted by Gasteiger charge is 2.25. The van der Waals surface area contributed by atoms with E-state index >= 15 is 0 Å². The second-order valence-electron chi connectivity index (χ2n) is 7.30. The van der Waals surface area contributed by atoms with E-state index in [9.17, 15) is 9.59 Å². The summed E-state index contributed by atoms with van der Waals surface area (Å²) in [6.07, 6.45) is 3.52. The number of carbonyl (C=O) groups excluding carboxylic acids is 2. The summed E-state index contributed by atoms with van der Waals surface area (Å²) in [6, 6.07) is 10.5. The smallest absolute Gasteiger partial charge is 0.315 e. The van der Waals surface area contributed by atoms with Crippen LogP contribution in [0.4, 0.5) is 4.79 Å². The van der Waals surface area contributed by atoms with Crippen molar-refractivity contribution in [3.8, 4) is 0 Å². The maximum Gasteiger partial charge on any atom is 0.315 e. The van der Waals surface area contributed by atoms with E-state index in [1.165, 1.54) is 5.56 Å². The summed E-state index contributed by atoms with van der Waals surface area (Å²) >= 11 is 0. The van der Waals surface area contributed by atoms with Crippen LogP contribution in [0.3, 0.4) is 0 Å². The number of carbonyl (C=O) groups is 2. The van der Waals surface area contributed by atoms with Crippen LogP contribution in [0, 0.1) is 5.92 Å². The molecule has 1 fully saturated rings. The molecule has 1 saturated heterocycles. The first-order valence-corrected chi connectivity index (χ1v) is 9.35. The summed E-state index contributed by atoms with van der Waals surface area (Å²) in [5, 5.41) is 6.07. The third kappa shape index (κ3) is 6.40. The molecule has 2 rings (SSSR count). The van der Waals surface area contributed by atoms with Crippen LogP contribution < -0.4 is 10.6 Å². The first-order chi connectivity index (χ1) is 12.0. The van der Waals surface area contributed by atoms with Gasteiger partial charge in [-0.2, -0.15) is 0 Å². The average Bonchev–Trinajstić information content (AvgIpc) is 2.60. The van der Waals surface area contributed by atoms with Gasteiger partial charge < -0.3 is 15.5 Å². The van der Waals surface area contributed by atoms with E-state index < -0.39 is 0 Å². The second-order valence-corrected chi connectivity index (χ2v) is 7.30. The molecular weight excluding hydrogens is 314 g/mol. The van der Waals surface area contributed by atoms with Crippen LogP contribution in [0.25, 0.3) is 0 Å². The summed E-state index contributed by atoms with van der Waals surface area (Å²) < 4.78 is 0. The van der Waals surface area contributed by atoms with Crippen molar-refractivity contribution < 1.29 is 9.59 Å².